The second-order valence-corrected chi connectivity index (χ2v) is 9.65. The molecule has 34 heavy (non-hydrogen) atoms. The molecule has 9 heteroatoms. The molecule has 8 nitrogen and oxygen atoms in total. The molecular weight excluding hydrogens is 450 g/mol. The predicted octanol–water partition coefficient (Wildman–Crippen LogP) is 4.08. The minimum Gasteiger partial charge on any atom is -0.497 e. The Morgan fingerprint density at radius 2 is 1.88 bits per heavy atom. The maximum Gasteiger partial charge on any atom is 0.267 e. The van der Waals surface area contributed by atoms with Crippen molar-refractivity contribution >= 4 is 34.3 Å². The van der Waals surface area contributed by atoms with Gasteiger partial charge in [-0.15, -0.1) is 10.2 Å². The zero-order chi connectivity index (χ0) is 24.2. The number of methoxy groups -OCH3 is 1. The number of nitrogens with zero attached hydrogens (tertiary/aromatic N) is 4. The normalized spacial score (nSPS) is 12.4. The van der Waals surface area contributed by atoms with Gasteiger partial charge in [0.25, 0.3) is 5.56 Å². The molecule has 178 valence electrons. The fourth-order valence-electron chi connectivity index (χ4n) is 3.86. The van der Waals surface area contributed by atoms with Crippen molar-refractivity contribution in [3.63, 3.8) is 0 Å². The summed E-state index contributed by atoms with van der Waals surface area (Å²) in [6.07, 6.45) is 2.01. The molecule has 0 spiro atoms. The standard InChI is InChI=1S/C25H29N5O3S/c1-16(2)12-13-17(3)26-22(31)15-34-25-28-27-24-29(18-8-7-9-19(14-18)33-4)23(32)20-10-5-6-11-21(20)30(24)25/h5-11,14,16-17H,12-13,15H2,1-4H3,(H,26,31). The Kier molecular flexibility index (Phi) is 7.21. The number of fused-ring (bicyclic) bond motifs is 3. The Morgan fingerprint density at radius 1 is 1.09 bits per heavy atom. The quantitative estimate of drug-likeness (QED) is 0.364. The van der Waals surface area contributed by atoms with E-state index in [9.17, 15) is 9.59 Å². The van der Waals surface area contributed by atoms with Gasteiger partial charge in [-0.05, 0) is 49.9 Å². The number of carbonyl (C=O) groups is 1. The first-order valence-electron chi connectivity index (χ1n) is 11.3. The Labute approximate surface area is 202 Å². The number of ether oxygens (including phenoxy) is 1. The highest BCUT2D eigenvalue weighted by atomic mass is 32.2. The highest BCUT2D eigenvalue weighted by molar-refractivity contribution is 7.99. The van der Waals surface area contributed by atoms with Crippen LogP contribution in [0.5, 0.6) is 5.75 Å². The average Bonchev–Trinajstić information content (AvgIpc) is 3.25. The number of hydrogen-bond donors (Lipinski definition) is 1. The first kappa shape index (κ1) is 23.8. The lowest BCUT2D eigenvalue weighted by Gasteiger charge is -2.15. The molecule has 0 fully saturated rings. The number of aromatic nitrogens is 4. The van der Waals surface area contributed by atoms with E-state index in [0.717, 1.165) is 12.8 Å². The van der Waals surface area contributed by atoms with Gasteiger partial charge in [0.1, 0.15) is 5.75 Å². The third-order valence-corrected chi connectivity index (χ3v) is 6.55. The molecule has 0 aliphatic rings. The maximum absolute atomic E-state index is 13.4. The molecule has 1 unspecified atom stereocenters. The van der Waals surface area contributed by atoms with Crippen LogP contribution in [-0.2, 0) is 4.79 Å². The van der Waals surface area contributed by atoms with Gasteiger partial charge in [-0.3, -0.25) is 14.0 Å². The van der Waals surface area contributed by atoms with E-state index < -0.39 is 0 Å². The van der Waals surface area contributed by atoms with Gasteiger partial charge < -0.3 is 10.1 Å². The SMILES string of the molecule is COc1cccc(-n2c(=O)c3ccccc3n3c(SCC(=O)NC(C)CCC(C)C)nnc23)c1. The molecule has 2 heterocycles. The lowest BCUT2D eigenvalue weighted by atomic mass is 10.0. The number of nitrogens with one attached hydrogen (secondary N) is 1. The van der Waals surface area contributed by atoms with Crippen LogP contribution in [0.3, 0.4) is 0 Å². The smallest absolute Gasteiger partial charge is 0.267 e. The van der Waals surface area contributed by atoms with Crippen molar-refractivity contribution < 1.29 is 9.53 Å². The van der Waals surface area contributed by atoms with Gasteiger partial charge in [0.15, 0.2) is 5.16 Å². The van der Waals surface area contributed by atoms with Gasteiger partial charge in [-0.1, -0.05) is 43.8 Å². The van der Waals surface area contributed by atoms with E-state index in [-0.39, 0.29) is 23.3 Å². The Hall–Kier alpha value is -3.33. The maximum atomic E-state index is 13.4. The molecule has 2 aromatic heterocycles. The fraction of sp³-hybridized carbons (Fsp3) is 0.360. The minimum absolute atomic E-state index is 0.0524. The molecule has 4 rings (SSSR count). The molecular formula is C25H29N5O3S. The van der Waals surface area contributed by atoms with E-state index >= 15 is 0 Å². The van der Waals surface area contributed by atoms with Crippen LogP contribution in [0.15, 0.2) is 58.5 Å². The van der Waals surface area contributed by atoms with Crippen molar-refractivity contribution in [3.05, 3.63) is 58.9 Å². The van der Waals surface area contributed by atoms with Crippen LogP contribution in [0.25, 0.3) is 22.4 Å². The summed E-state index contributed by atoms with van der Waals surface area (Å²) in [7, 11) is 1.58. The highest BCUT2D eigenvalue weighted by Crippen LogP contribution is 2.24. The molecule has 0 aliphatic heterocycles. The number of amides is 1. The molecule has 0 saturated carbocycles. The molecule has 0 bridgehead atoms. The minimum atomic E-state index is -0.197. The largest absolute Gasteiger partial charge is 0.497 e. The topological polar surface area (TPSA) is 90.5 Å². The number of benzene rings is 2. The summed E-state index contributed by atoms with van der Waals surface area (Å²) < 4.78 is 8.69. The van der Waals surface area contributed by atoms with Gasteiger partial charge in [-0.25, -0.2) is 4.57 Å². The number of hydrogen-bond acceptors (Lipinski definition) is 6. The number of carbonyl (C=O) groups excluding carboxylic acids is 1. The molecule has 0 saturated heterocycles. The van der Waals surface area contributed by atoms with Gasteiger partial charge in [0.2, 0.25) is 11.7 Å². The third kappa shape index (κ3) is 4.94. The summed E-state index contributed by atoms with van der Waals surface area (Å²) in [5.41, 5.74) is 1.12. The number of rotatable bonds is 9. The molecule has 4 aromatic rings. The Morgan fingerprint density at radius 3 is 2.65 bits per heavy atom. The van der Waals surface area contributed by atoms with Gasteiger partial charge in [0.05, 0.1) is 29.5 Å². The number of thioether (sulfide) groups is 1. The van der Waals surface area contributed by atoms with Crippen LogP contribution in [0.4, 0.5) is 0 Å². The second kappa shape index (κ2) is 10.3. The van der Waals surface area contributed by atoms with Crippen molar-refractivity contribution in [2.24, 2.45) is 5.92 Å². The summed E-state index contributed by atoms with van der Waals surface area (Å²) in [4.78, 5) is 26.0. The van der Waals surface area contributed by atoms with Gasteiger partial charge in [0, 0.05) is 12.1 Å². The van der Waals surface area contributed by atoms with Gasteiger partial charge >= 0.3 is 0 Å². The summed E-state index contributed by atoms with van der Waals surface area (Å²) in [5.74, 6) is 1.77. The molecule has 1 N–H and O–H groups in total. The predicted molar refractivity (Wildman–Crippen MR) is 135 cm³/mol. The lowest BCUT2D eigenvalue weighted by Crippen LogP contribution is -2.34. The van der Waals surface area contributed by atoms with Crippen molar-refractivity contribution in [1.82, 2.24) is 24.5 Å². The fourth-order valence-corrected chi connectivity index (χ4v) is 4.61. The highest BCUT2D eigenvalue weighted by Gasteiger charge is 2.19. The summed E-state index contributed by atoms with van der Waals surface area (Å²) in [5, 5.41) is 12.8. The third-order valence-electron chi connectivity index (χ3n) is 5.62. The molecule has 2 aromatic carbocycles. The van der Waals surface area contributed by atoms with Crippen molar-refractivity contribution in [1.29, 1.82) is 0 Å². The van der Waals surface area contributed by atoms with E-state index in [4.69, 9.17) is 4.74 Å². The Balaban J connectivity index is 1.69. The van der Waals surface area contributed by atoms with Crippen LogP contribution in [0.2, 0.25) is 0 Å². The van der Waals surface area contributed by atoms with E-state index in [1.54, 1.807) is 19.2 Å². The van der Waals surface area contributed by atoms with Crippen molar-refractivity contribution in [3.8, 4) is 11.4 Å². The van der Waals surface area contributed by atoms with E-state index in [1.807, 2.05) is 47.7 Å². The molecule has 1 amide bonds. The van der Waals surface area contributed by atoms with Crippen molar-refractivity contribution in [2.45, 2.75) is 44.8 Å². The lowest BCUT2D eigenvalue weighted by molar-refractivity contribution is -0.119. The van der Waals surface area contributed by atoms with E-state index in [2.05, 4.69) is 29.4 Å². The molecule has 0 radical (unpaired) electrons. The van der Waals surface area contributed by atoms with E-state index in [0.29, 0.717) is 39.2 Å². The number of para-hydroxylation sites is 1. The zero-order valence-electron chi connectivity index (χ0n) is 19.8. The van der Waals surface area contributed by atoms with Gasteiger partial charge in [-0.2, -0.15) is 0 Å². The first-order valence-corrected chi connectivity index (χ1v) is 12.3. The van der Waals surface area contributed by atoms with Crippen LogP contribution in [0.1, 0.15) is 33.6 Å². The summed E-state index contributed by atoms with van der Waals surface area (Å²) in [6.45, 7) is 6.38. The summed E-state index contributed by atoms with van der Waals surface area (Å²) >= 11 is 1.30. The van der Waals surface area contributed by atoms with Crippen LogP contribution in [-0.4, -0.2) is 44.0 Å². The van der Waals surface area contributed by atoms with E-state index in [1.165, 1.54) is 16.3 Å². The van der Waals surface area contributed by atoms with Crippen LogP contribution < -0.4 is 15.6 Å². The molecule has 1 atom stereocenters. The zero-order valence-corrected chi connectivity index (χ0v) is 20.6. The van der Waals surface area contributed by atoms with Crippen molar-refractivity contribution in [2.75, 3.05) is 12.9 Å². The second-order valence-electron chi connectivity index (χ2n) is 8.71. The summed E-state index contributed by atoms with van der Waals surface area (Å²) in [6, 6.07) is 14.7. The van der Waals surface area contributed by atoms with Crippen LogP contribution >= 0.6 is 11.8 Å². The van der Waals surface area contributed by atoms with Crippen LogP contribution in [0, 0.1) is 5.92 Å². The average molecular weight is 480 g/mol. The monoisotopic (exact) mass is 479 g/mol. The Bertz CT molecular complexity index is 1380. The molecule has 0 aliphatic carbocycles. The first-order chi connectivity index (χ1) is 16.4.